The fraction of sp³-hybridized carbons (Fsp3) is 0.375. The molecule has 1 aliphatic rings. The first-order valence-corrected chi connectivity index (χ1v) is 7.62. The molecule has 4 nitrogen and oxygen atoms in total. The molecule has 0 radical (unpaired) electrons. The van der Waals surface area contributed by atoms with Gasteiger partial charge < -0.3 is 5.11 Å². The maximum absolute atomic E-state index is 11.5. The topological polar surface area (TPSA) is 55.1 Å². The Bertz CT molecular complexity index is 660. The Balaban J connectivity index is 2.01. The zero-order valence-electron chi connectivity index (χ0n) is 11.6. The summed E-state index contributed by atoms with van der Waals surface area (Å²) in [6.07, 6.45) is 7.16. The molecule has 5 heteroatoms. The fourth-order valence-electron chi connectivity index (χ4n) is 2.98. The van der Waals surface area contributed by atoms with E-state index in [-0.39, 0.29) is 5.92 Å². The van der Waals surface area contributed by atoms with Crippen LogP contribution in [-0.4, -0.2) is 20.9 Å². The highest BCUT2D eigenvalue weighted by atomic mass is 35.5. The van der Waals surface area contributed by atoms with E-state index in [1.165, 1.54) is 6.42 Å². The van der Waals surface area contributed by atoms with Crippen LogP contribution in [0.1, 0.15) is 54.1 Å². The predicted octanol–water partition coefficient (Wildman–Crippen LogP) is 4.27. The quantitative estimate of drug-likeness (QED) is 0.921. The molecule has 21 heavy (non-hydrogen) atoms. The molecule has 0 atom stereocenters. The lowest BCUT2D eigenvalue weighted by atomic mass is 9.85. The van der Waals surface area contributed by atoms with Crippen LogP contribution in [0.3, 0.4) is 0 Å². The summed E-state index contributed by atoms with van der Waals surface area (Å²) in [6, 6.07) is 7.27. The van der Waals surface area contributed by atoms with Gasteiger partial charge in [0.15, 0.2) is 0 Å². The predicted molar refractivity (Wildman–Crippen MR) is 81.4 cm³/mol. The van der Waals surface area contributed by atoms with E-state index in [2.05, 4.69) is 5.10 Å². The minimum Gasteiger partial charge on any atom is -0.478 e. The molecule has 3 rings (SSSR count). The van der Waals surface area contributed by atoms with Gasteiger partial charge in [-0.1, -0.05) is 36.9 Å². The molecule has 1 saturated carbocycles. The molecule has 0 saturated heterocycles. The Hall–Kier alpha value is -1.81. The zero-order chi connectivity index (χ0) is 14.8. The molecular formula is C16H17ClN2O2. The smallest absolute Gasteiger partial charge is 0.339 e. The van der Waals surface area contributed by atoms with E-state index >= 15 is 0 Å². The van der Waals surface area contributed by atoms with Crippen molar-refractivity contribution >= 4 is 17.6 Å². The number of carboxylic acids is 1. The van der Waals surface area contributed by atoms with E-state index in [0.717, 1.165) is 31.4 Å². The number of benzene rings is 1. The van der Waals surface area contributed by atoms with Crippen LogP contribution in [-0.2, 0) is 0 Å². The Labute approximate surface area is 128 Å². The molecule has 0 aliphatic heterocycles. The summed E-state index contributed by atoms with van der Waals surface area (Å²) >= 11 is 6.00. The minimum atomic E-state index is -0.913. The molecule has 1 aromatic carbocycles. The van der Waals surface area contributed by atoms with Gasteiger partial charge in [0.1, 0.15) is 5.56 Å². The van der Waals surface area contributed by atoms with Crippen LogP contribution in [0.15, 0.2) is 30.5 Å². The highest BCUT2D eigenvalue weighted by molar-refractivity contribution is 6.30. The van der Waals surface area contributed by atoms with Crippen molar-refractivity contribution in [3.8, 4) is 5.69 Å². The molecule has 2 aromatic rings. The summed E-state index contributed by atoms with van der Waals surface area (Å²) in [5.41, 5.74) is 1.80. The Morgan fingerprint density at radius 2 is 2.05 bits per heavy atom. The molecule has 1 N–H and O–H groups in total. The number of aromatic nitrogens is 2. The van der Waals surface area contributed by atoms with Crippen LogP contribution < -0.4 is 0 Å². The second-order valence-electron chi connectivity index (χ2n) is 5.49. The number of carboxylic acid groups (broad SMARTS) is 1. The first kappa shape index (κ1) is 14.1. The highest BCUT2D eigenvalue weighted by Gasteiger charge is 2.25. The summed E-state index contributed by atoms with van der Waals surface area (Å²) in [5, 5.41) is 14.6. The number of hydrogen-bond donors (Lipinski definition) is 1. The third-order valence-corrected chi connectivity index (χ3v) is 4.27. The lowest BCUT2D eigenvalue weighted by Gasteiger charge is -2.20. The number of carbonyl (C=O) groups is 1. The Morgan fingerprint density at radius 3 is 2.71 bits per heavy atom. The van der Waals surface area contributed by atoms with Crippen LogP contribution in [0.2, 0.25) is 5.02 Å². The minimum absolute atomic E-state index is 0.255. The Kier molecular flexibility index (Phi) is 3.97. The van der Waals surface area contributed by atoms with E-state index in [9.17, 15) is 9.90 Å². The molecule has 1 heterocycles. The van der Waals surface area contributed by atoms with Gasteiger partial charge in [-0.15, -0.1) is 0 Å². The van der Waals surface area contributed by atoms with Gasteiger partial charge in [-0.2, -0.15) is 5.10 Å². The first-order valence-electron chi connectivity index (χ1n) is 7.24. The molecule has 0 amide bonds. The van der Waals surface area contributed by atoms with E-state index in [1.54, 1.807) is 23.0 Å². The highest BCUT2D eigenvalue weighted by Crippen LogP contribution is 2.34. The molecule has 1 fully saturated rings. The van der Waals surface area contributed by atoms with Crippen molar-refractivity contribution in [2.24, 2.45) is 0 Å². The number of hydrogen-bond acceptors (Lipinski definition) is 2. The molecule has 1 aromatic heterocycles. The maximum atomic E-state index is 11.5. The Morgan fingerprint density at radius 1 is 1.29 bits per heavy atom. The van der Waals surface area contributed by atoms with E-state index in [4.69, 9.17) is 11.6 Å². The normalized spacial score (nSPS) is 16.0. The average molecular weight is 305 g/mol. The summed E-state index contributed by atoms with van der Waals surface area (Å²) in [7, 11) is 0. The second-order valence-corrected chi connectivity index (χ2v) is 5.93. The van der Waals surface area contributed by atoms with Crippen LogP contribution in [0, 0.1) is 0 Å². The van der Waals surface area contributed by atoms with Gasteiger partial charge in [0.2, 0.25) is 0 Å². The van der Waals surface area contributed by atoms with Crippen molar-refractivity contribution in [2.75, 3.05) is 0 Å². The molecule has 0 bridgehead atoms. The number of aromatic carboxylic acids is 1. The van der Waals surface area contributed by atoms with Crippen molar-refractivity contribution in [3.63, 3.8) is 0 Å². The van der Waals surface area contributed by atoms with Crippen LogP contribution >= 0.6 is 11.6 Å². The summed E-state index contributed by atoms with van der Waals surface area (Å²) in [6.45, 7) is 0. The van der Waals surface area contributed by atoms with Crippen LogP contribution in [0.5, 0.6) is 0 Å². The van der Waals surface area contributed by atoms with Crippen LogP contribution in [0.4, 0.5) is 0 Å². The monoisotopic (exact) mass is 304 g/mol. The summed E-state index contributed by atoms with van der Waals surface area (Å²) < 4.78 is 1.62. The molecule has 110 valence electrons. The van der Waals surface area contributed by atoms with E-state index < -0.39 is 5.97 Å². The SMILES string of the molecule is O=C(O)c1cn(-c2cccc(Cl)c2)nc1C1CCCCC1. The second kappa shape index (κ2) is 5.90. The van der Waals surface area contributed by atoms with Gasteiger partial charge in [-0.3, -0.25) is 0 Å². The van der Waals surface area contributed by atoms with Crippen molar-refractivity contribution in [2.45, 2.75) is 38.0 Å². The number of halogens is 1. The fourth-order valence-corrected chi connectivity index (χ4v) is 3.17. The van der Waals surface area contributed by atoms with Gasteiger partial charge >= 0.3 is 5.97 Å². The number of nitrogens with zero attached hydrogens (tertiary/aromatic N) is 2. The first-order chi connectivity index (χ1) is 10.1. The largest absolute Gasteiger partial charge is 0.478 e. The summed E-state index contributed by atoms with van der Waals surface area (Å²) in [4.78, 5) is 11.5. The van der Waals surface area contributed by atoms with Crippen molar-refractivity contribution in [3.05, 3.63) is 46.7 Å². The van der Waals surface area contributed by atoms with Crippen molar-refractivity contribution < 1.29 is 9.90 Å². The molecular weight excluding hydrogens is 288 g/mol. The maximum Gasteiger partial charge on any atom is 0.339 e. The zero-order valence-corrected chi connectivity index (χ0v) is 12.4. The molecule has 0 unspecified atom stereocenters. The van der Waals surface area contributed by atoms with E-state index in [1.807, 2.05) is 12.1 Å². The average Bonchev–Trinajstić information content (AvgIpc) is 2.93. The lowest BCUT2D eigenvalue weighted by molar-refractivity contribution is 0.0694. The van der Waals surface area contributed by atoms with Gasteiger partial charge in [0, 0.05) is 17.1 Å². The summed E-state index contributed by atoms with van der Waals surface area (Å²) in [5.74, 6) is -0.658. The third kappa shape index (κ3) is 2.95. The molecule has 0 spiro atoms. The van der Waals surface area contributed by atoms with E-state index in [0.29, 0.717) is 16.3 Å². The molecule has 1 aliphatic carbocycles. The van der Waals surface area contributed by atoms with Gasteiger partial charge in [-0.05, 0) is 31.0 Å². The third-order valence-electron chi connectivity index (χ3n) is 4.04. The van der Waals surface area contributed by atoms with Crippen LogP contribution in [0.25, 0.3) is 5.69 Å². The van der Waals surface area contributed by atoms with Gasteiger partial charge in [0.25, 0.3) is 0 Å². The van der Waals surface area contributed by atoms with Gasteiger partial charge in [0.05, 0.1) is 11.4 Å². The standard InChI is InChI=1S/C16H17ClN2O2/c17-12-7-4-8-13(9-12)19-10-14(16(20)21)15(18-19)11-5-2-1-3-6-11/h4,7-11H,1-3,5-6H2,(H,20,21). The lowest BCUT2D eigenvalue weighted by Crippen LogP contribution is -2.10. The van der Waals surface area contributed by atoms with Crippen molar-refractivity contribution in [1.29, 1.82) is 0 Å². The number of rotatable bonds is 3. The van der Waals surface area contributed by atoms with Crippen molar-refractivity contribution in [1.82, 2.24) is 9.78 Å². The van der Waals surface area contributed by atoms with Gasteiger partial charge in [-0.25, -0.2) is 9.48 Å².